The van der Waals surface area contributed by atoms with Crippen LogP contribution in [-0.4, -0.2) is 56.1 Å². The Hall–Kier alpha value is -3.12. The molecule has 6 heteroatoms. The number of carbonyl (C=O) groups is 2. The Labute approximate surface area is 176 Å². The number of ketones is 1. The second-order valence-electron chi connectivity index (χ2n) is 7.25. The van der Waals surface area contributed by atoms with Gasteiger partial charge in [-0.25, -0.2) is 0 Å². The zero-order valence-corrected chi connectivity index (χ0v) is 17.1. The van der Waals surface area contributed by atoms with Gasteiger partial charge in [-0.3, -0.25) is 9.59 Å². The number of fused-ring (bicyclic) bond motifs is 1. The molecular formula is C24H25NO5. The maximum Gasteiger partial charge on any atom is 0.260 e. The van der Waals surface area contributed by atoms with Crippen molar-refractivity contribution in [2.45, 2.75) is 13.3 Å². The molecule has 2 aromatic carbocycles. The normalized spacial score (nSPS) is 17.2. The number of rotatable bonds is 6. The number of amides is 1. The monoisotopic (exact) mass is 407 g/mol. The van der Waals surface area contributed by atoms with E-state index in [0.29, 0.717) is 50.8 Å². The van der Waals surface area contributed by atoms with Crippen LogP contribution in [0.4, 0.5) is 0 Å². The van der Waals surface area contributed by atoms with Crippen molar-refractivity contribution in [3.05, 3.63) is 64.7 Å². The molecule has 2 aromatic rings. The van der Waals surface area contributed by atoms with E-state index in [-0.39, 0.29) is 18.3 Å². The molecule has 0 unspecified atom stereocenters. The summed E-state index contributed by atoms with van der Waals surface area (Å²) in [5.41, 5.74) is 3.45. The molecule has 0 N–H and O–H groups in total. The van der Waals surface area contributed by atoms with E-state index in [1.54, 1.807) is 11.0 Å². The molecule has 0 spiro atoms. The molecule has 1 aliphatic carbocycles. The van der Waals surface area contributed by atoms with Crippen molar-refractivity contribution >= 4 is 17.8 Å². The van der Waals surface area contributed by atoms with E-state index in [2.05, 4.69) is 0 Å². The molecule has 6 nitrogen and oxygen atoms in total. The molecule has 1 aliphatic heterocycles. The second kappa shape index (κ2) is 9.13. The van der Waals surface area contributed by atoms with E-state index in [4.69, 9.17) is 14.2 Å². The van der Waals surface area contributed by atoms with E-state index in [0.717, 1.165) is 22.3 Å². The minimum Gasteiger partial charge on any atom is -0.490 e. The molecule has 1 saturated heterocycles. The third kappa shape index (κ3) is 4.39. The summed E-state index contributed by atoms with van der Waals surface area (Å²) in [6, 6.07) is 13.2. The number of ether oxygens (including phenoxy) is 3. The first-order valence-electron chi connectivity index (χ1n) is 10.2. The molecular weight excluding hydrogens is 382 g/mol. The predicted octanol–water partition coefficient (Wildman–Crippen LogP) is 3.15. The van der Waals surface area contributed by atoms with Crippen LogP contribution in [0.5, 0.6) is 11.5 Å². The highest BCUT2D eigenvalue weighted by atomic mass is 16.5. The quantitative estimate of drug-likeness (QED) is 0.689. The van der Waals surface area contributed by atoms with Gasteiger partial charge in [0, 0.05) is 30.6 Å². The van der Waals surface area contributed by atoms with Gasteiger partial charge in [0.2, 0.25) is 0 Å². The van der Waals surface area contributed by atoms with Crippen LogP contribution in [-0.2, 0) is 16.0 Å². The largest absolute Gasteiger partial charge is 0.490 e. The average Bonchev–Trinajstić information content (AvgIpc) is 3.09. The maximum atomic E-state index is 12.6. The van der Waals surface area contributed by atoms with Crippen molar-refractivity contribution in [1.82, 2.24) is 4.90 Å². The van der Waals surface area contributed by atoms with Crippen molar-refractivity contribution in [3.8, 4) is 11.5 Å². The Balaban J connectivity index is 1.48. The van der Waals surface area contributed by atoms with Gasteiger partial charge >= 0.3 is 0 Å². The van der Waals surface area contributed by atoms with Gasteiger partial charge in [-0.15, -0.1) is 0 Å². The van der Waals surface area contributed by atoms with Crippen molar-refractivity contribution in [1.29, 1.82) is 0 Å². The molecule has 4 rings (SSSR count). The maximum absolute atomic E-state index is 12.6. The van der Waals surface area contributed by atoms with Crippen LogP contribution in [0.3, 0.4) is 0 Å². The highest BCUT2D eigenvalue weighted by molar-refractivity contribution is 6.15. The molecule has 0 saturated carbocycles. The Morgan fingerprint density at radius 2 is 1.90 bits per heavy atom. The van der Waals surface area contributed by atoms with Crippen LogP contribution >= 0.6 is 0 Å². The van der Waals surface area contributed by atoms with Gasteiger partial charge in [0.15, 0.2) is 23.9 Å². The van der Waals surface area contributed by atoms with Crippen molar-refractivity contribution < 1.29 is 23.8 Å². The van der Waals surface area contributed by atoms with Gasteiger partial charge in [0.05, 0.1) is 19.8 Å². The number of morpholine rings is 1. The Kier molecular flexibility index (Phi) is 6.14. The fourth-order valence-electron chi connectivity index (χ4n) is 3.72. The molecule has 0 bridgehead atoms. The summed E-state index contributed by atoms with van der Waals surface area (Å²) in [6.45, 7) is 4.61. The summed E-state index contributed by atoms with van der Waals surface area (Å²) in [5, 5.41) is 0. The molecule has 1 amide bonds. The number of nitrogens with zero attached hydrogens (tertiary/aromatic N) is 1. The third-order valence-corrected chi connectivity index (χ3v) is 5.26. The zero-order chi connectivity index (χ0) is 20.9. The van der Waals surface area contributed by atoms with Gasteiger partial charge in [0.25, 0.3) is 5.91 Å². The fourth-order valence-corrected chi connectivity index (χ4v) is 3.72. The number of allylic oxidation sites excluding steroid dienone is 1. The van der Waals surface area contributed by atoms with E-state index < -0.39 is 0 Å². The molecule has 0 atom stereocenters. The summed E-state index contributed by atoms with van der Waals surface area (Å²) in [6.07, 6.45) is 2.53. The van der Waals surface area contributed by atoms with E-state index in [9.17, 15) is 9.59 Å². The van der Waals surface area contributed by atoms with Gasteiger partial charge in [0.1, 0.15) is 0 Å². The Bertz CT molecular complexity index is 975. The topological polar surface area (TPSA) is 65.1 Å². The lowest BCUT2D eigenvalue weighted by Gasteiger charge is -2.26. The fraction of sp³-hybridized carbons (Fsp3) is 0.333. The van der Waals surface area contributed by atoms with Crippen LogP contribution in [0.2, 0.25) is 0 Å². The first-order chi connectivity index (χ1) is 14.7. The number of benzene rings is 2. The second-order valence-corrected chi connectivity index (χ2v) is 7.25. The predicted molar refractivity (Wildman–Crippen MR) is 113 cm³/mol. The molecule has 2 aliphatic rings. The summed E-state index contributed by atoms with van der Waals surface area (Å²) in [5.74, 6) is 1.08. The van der Waals surface area contributed by atoms with E-state index >= 15 is 0 Å². The van der Waals surface area contributed by atoms with E-state index in [1.807, 2.05) is 49.4 Å². The van der Waals surface area contributed by atoms with Gasteiger partial charge < -0.3 is 19.1 Å². The van der Waals surface area contributed by atoms with Gasteiger partial charge in [-0.05, 0) is 36.3 Å². The summed E-state index contributed by atoms with van der Waals surface area (Å²) < 4.78 is 16.8. The van der Waals surface area contributed by atoms with Crippen molar-refractivity contribution in [2.75, 3.05) is 39.5 Å². The summed E-state index contributed by atoms with van der Waals surface area (Å²) >= 11 is 0. The molecule has 1 heterocycles. The summed E-state index contributed by atoms with van der Waals surface area (Å²) in [4.78, 5) is 26.7. The standard InChI is InChI=1S/C24H25NO5/c1-2-29-22-14-17(13-19-15-18-5-3-4-6-20(18)24(19)27)7-8-21(22)30-16-23(26)25-9-11-28-12-10-25/h3-8,13-14H,2,9-12,15-16H2,1H3. The number of hydrogen-bond donors (Lipinski definition) is 0. The van der Waals surface area contributed by atoms with Gasteiger partial charge in [-0.1, -0.05) is 30.3 Å². The Morgan fingerprint density at radius 1 is 1.10 bits per heavy atom. The first kappa shape index (κ1) is 20.2. The number of Topliss-reactive ketones (excluding diaryl/α,β-unsaturated/α-hetero) is 1. The molecule has 1 fully saturated rings. The molecule has 0 aromatic heterocycles. The third-order valence-electron chi connectivity index (χ3n) is 5.26. The lowest BCUT2D eigenvalue weighted by molar-refractivity contribution is -0.137. The van der Waals surface area contributed by atoms with Crippen LogP contribution in [0.1, 0.15) is 28.4 Å². The minimum atomic E-state index is -0.0683. The average molecular weight is 407 g/mol. The van der Waals surface area contributed by atoms with Gasteiger partial charge in [-0.2, -0.15) is 0 Å². The highest BCUT2D eigenvalue weighted by Crippen LogP contribution is 2.32. The first-order valence-corrected chi connectivity index (χ1v) is 10.2. The lowest BCUT2D eigenvalue weighted by atomic mass is 10.1. The van der Waals surface area contributed by atoms with Crippen LogP contribution in [0.25, 0.3) is 6.08 Å². The summed E-state index contributed by atoms with van der Waals surface area (Å²) in [7, 11) is 0. The smallest absolute Gasteiger partial charge is 0.260 e. The van der Waals surface area contributed by atoms with Crippen LogP contribution in [0, 0.1) is 0 Å². The molecule has 0 radical (unpaired) electrons. The van der Waals surface area contributed by atoms with E-state index in [1.165, 1.54) is 0 Å². The van der Waals surface area contributed by atoms with Crippen LogP contribution < -0.4 is 9.47 Å². The highest BCUT2D eigenvalue weighted by Gasteiger charge is 2.24. The number of hydrogen-bond acceptors (Lipinski definition) is 5. The van der Waals surface area contributed by atoms with Crippen LogP contribution in [0.15, 0.2) is 48.0 Å². The molecule has 30 heavy (non-hydrogen) atoms. The minimum absolute atomic E-state index is 0.0473. The lowest BCUT2D eigenvalue weighted by Crippen LogP contribution is -2.43. The SMILES string of the molecule is CCOc1cc(C=C2Cc3ccccc3C2=O)ccc1OCC(=O)N1CCOCC1. The number of carbonyl (C=O) groups excluding carboxylic acids is 2. The van der Waals surface area contributed by atoms with Crippen molar-refractivity contribution in [2.24, 2.45) is 0 Å². The van der Waals surface area contributed by atoms with Crippen molar-refractivity contribution in [3.63, 3.8) is 0 Å². The molecule has 156 valence electrons. The Morgan fingerprint density at radius 3 is 2.67 bits per heavy atom. The zero-order valence-electron chi connectivity index (χ0n) is 17.1.